The minimum Gasteiger partial charge on any atom is -0.240 e. The first-order valence-electron chi connectivity index (χ1n) is 3.63. The van der Waals surface area contributed by atoms with Crippen LogP contribution in [-0.4, -0.2) is 13.4 Å². The molecule has 8 heteroatoms. The normalized spacial score (nSPS) is 12.1. The second-order valence-electron chi connectivity index (χ2n) is 2.71. The first-order chi connectivity index (χ1) is 6.73. The maximum Gasteiger partial charge on any atom is 0.265 e. The topological polar surface area (TPSA) is 47.0 Å². The first kappa shape index (κ1) is 12.6. The maximum atomic E-state index is 12.5. The highest BCUT2D eigenvalue weighted by Gasteiger charge is 2.26. The summed E-state index contributed by atoms with van der Waals surface area (Å²) in [7, 11) is 0.652. The molecule has 0 aliphatic rings. The van der Waals surface area contributed by atoms with Crippen LogP contribution in [0.1, 0.15) is 17.7 Å². The van der Waals surface area contributed by atoms with Gasteiger partial charge in [0, 0.05) is 21.9 Å². The van der Waals surface area contributed by atoms with E-state index >= 15 is 0 Å². The molecule has 0 unspecified atom stereocenters. The van der Waals surface area contributed by atoms with Crippen LogP contribution < -0.4 is 0 Å². The monoisotopic (exact) mass is 275 g/mol. The van der Waals surface area contributed by atoms with Crippen molar-refractivity contribution >= 4 is 31.3 Å². The van der Waals surface area contributed by atoms with Crippen molar-refractivity contribution in [1.82, 2.24) is 4.98 Å². The van der Waals surface area contributed by atoms with Crippen LogP contribution in [0.15, 0.2) is 11.0 Å². The fourth-order valence-corrected chi connectivity index (χ4v) is 2.88. The highest BCUT2D eigenvalue weighted by Crippen LogP contribution is 2.33. The summed E-state index contributed by atoms with van der Waals surface area (Å²) >= 11 is 5.46. The van der Waals surface area contributed by atoms with Crippen LogP contribution in [0.25, 0.3) is 0 Å². The zero-order chi connectivity index (χ0) is 11.8. The smallest absolute Gasteiger partial charge is 0.240 e. The predicted octanol–water partition coefficient (Wildman–Crippen LogP) is 2.91. The number of nitrogens with zero attached hydrogens (tertiary/aromatic N) is 1. The Kier molecular flexibility index (Phi) is 3.52. The van der Waals surface area contributed by atoms with Crippen LogP contribution in [0.4, 0.5) is 8.78 Å². The van der Waals surface area contributed by atoms with Gasteiger partial charge in [-0.05, 0) is 13.0 Å². The van der Waals surface area contributed by atoms with Gasteiger partial charge >= 0.3 is 0 Å². The van der Waals surface area contributed by atoms with Crippen molar-refractivity contribution in [2.24, 2.45) is 0 Å². The van der Waals surface area contributed by atoms with E-state index in [0.29, 0.717) is 0 Å². The van der Waals surface area contributed by atoms with E-state index in [1.807, 2.05) is 0 Å². The minimum atomic E-state index is -4.33. The molecular weight excluding hydrogens is 271 g/mol. The van der Waals surface area contributed by atoms with Crippen LogP contribution in [0.2, 0.25) is 5.15 Å². The molecule has 0 saturated carbocycles. The van der Waals surface area contributed by atoms with Crippen LogP contribution in [0, 0.1) is 6.92 Å². The lowest BCUT2D eigenvalue weighted by molar-refractivity contribution is 0.147. The SMILES string of the molecule is Cc1cc(C(F)F)c(S(=O)(=O)Cl)c(Cl)n1. The molecule has 1 heterocycles. The molecule has 0 aromatic carbocycles. The van der Waals surface area contributed by atoms with Gasteiger partial charge in [-0.2, -0.15) is 0 Å². The number of aromatic nitrogens is 1. The molecule has 0 amide bonds. The Balaban J connectivity index is 3.62. The summed E-state index contributed by atoms with van der Waals surface area (Å²) in [4.78, 5) is 2.72. The standard InChI is InChI=1S/C7H5Cl2F2NO2S/c1-3-2-4(7(10)11)5(6(8)12-3)15(9,13)14/h2,7H,1H3. The summed E-state index contributed by atoms with van der Waals surface area (Å²) in [6.07, 6.45) is -2.98. The summed E-state index contributed by atoms with van der Waals surface area (Å²) in [5, 5.41) is -0.541. The molecule has 0 atom stereocenters. The van der Waals surface area contributed by atoms with Gasteiger partial charge in [0.15, 0.2) is 0 Å². The molecule has 1 aromatic heterocycles. The molecule has 1 aromatic rings. The van der Waals surface area contributed by atoms with Gasteiger partial charge in [-0.15, -0.1) is 0 Å². The third-order valence-corrected chi connectivity index (χ3v) is 3.33. The number of halogens is 4. The van der Waals surface area contributed by atoms with E-state index in [2.05, 4.69) is 4.98 Å². The molecule has 15 heavy (non-hydrogen) atoms. The van der Waals surface area contributed by atoms with Crippen molar-refractivity contribution in [2.75, 3.05) is 0 Å². The molecule has 0 N–H and O–H groups in total. The Morgan fingerprint density at radius 1 is 1.47 bits per heavy atom. The quantitative estimate of drug-likeness (QED) is 0.616. The zero-order valence-electron chi connectivity index (χ0n) is 7.34. The number of rotatable bonds is 2. The molecule has 0 fully saturated rings. The number of alkyl halides is 2. The van der Waals surface area contributed by atoms with Crippen LogP contribution in [-0.2, 0) is 9.05 Å². The van der Waals surface area contributed by atoms with Gasteiger partial charge in [-0.1, -0.05) is 11.6 Å². The molecule has 3 nitrogen and oxygen atoms in total. The average Bonchev–Trinajstić information content (AvgIpc) is 1.99. The maximum absolute atomic E-state index is 12.5. The summed E-state index contributed by atoms with van der Waals surface area (Å²) in [5.74, 6) is 0. The molecule has 0 aliphatic carbocycles. The Morgan fingerprint density at radius 3 is 2.40 bits per heavy atom. The van der Waals surface area contributed by atoms with Crippen molar-refractivity contribution < 1.29 is 17.2 Å². The minimum absolute atomic E-state index is 0.194. The Labute approximate surface area is 94.4 Å². The van der Waals surface area contributed by atoms with E-state index in [1.165, 1.54) is 6.92 Å². The largest absolute Gasteiger partial charge is 0.265 e. The molecule has 0 bridgehead atoms. The van der Waals surface area contributed by atoms with Gasteiger partial charge in [0.05, 0.1) is 0 Å². The van der Waals surface area contributed by atoms with Gasteiger partial charge in [-0.3, -0.25) is 0 Å². The van der Waals surface area contributed by atoms with Gasteiger partial charge in [-0.25, -0.2) is 22.2 Å². The van der Waals surface area contributed by atoms with Crippen LogP contribution >= 0.6 is 22.3 Å². The van der Waals surface area contributed by atoms with Crippen LogP contribution in [0.3, 0.4) is 0 Å². The lowest BCUT2D eigenvalue weighted by atomic mass is 10.2. The lowest BCUT2D eigenvalue weighted by Gasteiger charge is -2.08. The number of aryl methyl sites for hydroxylation is 1. The Hall–Kier alpha value is -0.460. The predicted molar refractivity (Wildman–Crippen MR) is 52.0 cm³/mol. The van der Waals surface area contributed by atoms with Crippen molar-refractivity contribution in [3.63, 3.8) is 0 Å². The summed E-state index contributed by atoms with van der Waals surface area (Å²) in [6, 6.07) is 0.936. The molecule has 0 aliphatic heterocycles. The third-order valence-electron chi connectivity index (χ3n) is 1.57. The molecule has 0 spiro atoms. The zero-order valence-corrected chi connectivity index (χ0v) is 9.67. The van der Waals surface area contributed by atoms with Crippen LogP contribution in [0.5, 0.6) is 0 Å². The first-order valence-corrected chi connectivity index (χ1v) is 6.32. The molecule has 1 rings (SSSR count). The van der Waals surface area contributed by atoms with E-state index in [9.17, 15) is 17.2 Å². The van der Waals surface area contributed by atoms with E-state index in [0.717, 1.165) is 6.07 Å². The molecule has 0 radical (unpaired) electrons. The summed E-state index contributed by atoms with van der Waals surface area (Å²) in [5.41, 5.74) is -0.540. The lowest BCUT2D eigenvalue weighted by Crippen LogP contribution is -2.03. The van der Waals surface area contributed by atoms with E-state index in [4.69, 9.17) is 22.3 Å². The summed E-state index contributed by atoms with van der Waals surface area (Å²) in [6.45, 7) is 1.42. The van der Waals surface area contributed by atoms with E-state index < -0.39 is 31.1 Å². The van der Waals surface area contributed by atoms with Gasteiger partial charge in [0.25, 0.3) is 15.5 Å². The second kappa shape index (κ2) is 4.19. The Bertz CT molecular complexity index is 490. The fraction of sp³-hybridized carbons (Fsp3) is 0.286. The van der Waals surface area contributed by atoms with Crippen molar-refractivity contribution in [2.45, 2.75) is 18.2 Å². The fourth-order valence-electron chi connectivity index (χ4n) is 1.05. The van der Waals surface area contributed by atoms with Gasteiger partial charge < -0.3 is 0 Å². The van der Waals surface area contributed by atoms with Crippen molar-refractivity contribution in [1.29, 1.82) is 0 Å². The third kappa shape index (κ3) is 2.76. The second-order valence-corrected chi connectivity index (χ2v) is 5.57. The summed E-state index contributed by atoms with van der Waals surface area (Å²) < 4.78 is 47.0. The molecule has 84 valence electrons. The molecule has 0 saturated heterocycles. The van der Waals surface area contributed by atoms with Gasteiger partial charge in [0.2, 0.25) is 0 Å². The van der Waals surface area contributed by atoms with E-state index in [1.54, 1.807) is 0 Å². The highest BCUT2D eigenvalue weighted by atomic mass is 35.7. The van der Waals surface area contributed by atoms with Crippen molar-refractivity contribution in [3.8, 4) is 0 Å². The average molecular weight is 276 g/mol. The highest BCUT2D eigenvalue weighted by molar-refractivity contribution is 8.13. The van der Waals surface area contributed by atoms with E-state index in [-0.39, 0.29) is 5.69 Å². The Morgan fingerprint density at radius 2 is 2.00 bits per heavy atom. The van der Waals surface area contributed by atoms with Gasteiger partial charge in [0.1, 0.15) is 10.0 Å². The number of hydrogen-bond donors (Lipinski definition) is 0. The number of pyridine rings is 1. The van der Waals surface area contributed by atoms with Crippen molar-refractivity contribution in [3.05, 3.63) is 22.5 Å². The number of hydrogen-bond acceptors (Lipinski definition) is 3. The molecular formula is C7H5Cl2F2NO2S.